The number of pyridine rings is 1. The maximum absolute atomic E-state index is 12.7. The summed E-state index contributed by atoms with van der Waals surface area (Å²) in [6.45, 7) is 3.73. The number of carbonyl (C=O) groups excluding carboxylic acids is 1. The van der Waals surface area contributed by atoms with Gasteiger partial charge in [0.15, 0.2) is 6.10 Å². The molecule has 4 nitrogen and oxygen atoms in total. The van der Waals surface area contributed by atoms with Crippen molar-refractivity contribution in [1.29, 1.82) is 5.26 Å². The number of rotatable bonds is 4. The third-order valence-electron chi connectivity index (χ3n) is 4.18. The first-order chi connectivity index (χ1) is 13.0. The predicted molar refractivity (Wildman–Crippen MR) is 104 cm³/mol. The summed E-state index contributed by atoms with van der Waals surface area (Å²) in [5.41, 5.74) is 4.06. The second kappa shape index (κ2) is 8.03. The first kappa shape index (κ1) is 18.6. The molecule has 134 valence electrons. The predicted octanol–water partition coefficient (Wildman–Crippen LogP) is 5.17. The molecule has 1 aromatic heterocycles. The summed E-state index contributed by atoms with van der Waals surface area (Å²) in [7, 11) is 0. The largest absolute Gasteiger partial charge is 0.447 e. The normalized spacial score (nSPS) is 11.5. The summed E-state index contributed by atoms with van der Waals surface area (Å²) in [6.07, 6.45) is 1.07. The van der Waals surface area contributed by atoms with Gasteiger partial charge in [-0.25, -0.2) is 4.79 Å². The standard InChI is InChI=1S/C22H17ClN2O2/c1-14-3-10-20(25-13-14)21(16-6-8-19(23)9-7-16)27-22(26)17-4-5-18(12-24)15(2)11-17/h3-11,13,21H,1-2H3. The third kappa shape index (κ3) is 4.33. The molecule has 0 aliphatic rings. The molecule has 0 fully saturated rings. The molecule has 2 aromatic carbocycles. The van der Waals surface area contributed by atoms with E-state index in [-0.39, 0.29) is 0 Å². The molecular weight excluding hydrogens is 360 g/mol. The zero-order valence-electron chi connectivity index (χ0n) is 14.9. The monoisotopic (exact) mass is 376 g/mol. The Morgan fingerprint density at radius 3 is 2.44 bits per heavy atom. The van der Waals surface area contributed by atoms with Crippen molar-refractivity contribution in [2.75, 3.05) is 0 Å². The Kier molecular flexibility index (Phi) is 5.54. The van der Waals surface area contributed by atoms with Crippen LogP contribution in [0.1, 0.15) is 44.4 Å². The number of hydrogen-bond acceptors (Lipinski definition) is 4. The number of ether oxygens (including phenoxy) is 1. The number of hydrogen-bond donors (Lipinski definition) is 0. The maximum atomic E-state index is 12.7. The summed E-state index contributed by atoms with van der Waals surface area (Å²) >= 11 is 5.98. The molecule has 0 saturated carbocycles. The molecule has 0 N–H and O–H groups in total. The second-order valence-corrected chi connectivity index (χ2v) is 6.68. The molecule has 0 saturated heterocycles. The maximum Gasteiger partial charge on any atom is 0.339 e. The highest BCUT2D eigenvalue weighted by Gasteiger charge is 2.22. The molecular formula is C22H17ClN2O2. The van der Waals surface area contributed by atoms with Crippen LogP contribution < -0.4 is 0 Å². The molecule has 0 aliphatic heterocycles. The van der Waals surface area contributed by atoms with Gasteiger partial charge >= 0.3 is 5.97 Å². The van der Waals surface area contributed by atoms with Crippen LogP contribution in [-0.4, -0.2) is 11.0 Å². The van der Waals surface area contributed by atoms with E-state index in [4.69, 9.17) is 21.6 Å². The van der Waals surface area contributed by atoms with Crippen molar-refractivity contribution in [2.24, 2.45) is 0 Å². The van der Waals surface area contributed by atoms with Gasteiger partial charge in [0, 0.05) is 11.2 Å². The first-order valence-corrected chi connectivity index (χ1v) is 8.75. The Morgan fingerprint density at radius 1 is 1.11 bits per heavy atom. The van der Waals surface area contributed by atoms with E-state index in [1.165, 1.54) is 0 Å². The fourth-order valence-corrected chi connectivity index (χ4v) is 2.79. The molecule has 1 heterocycles. The average Bonchev–Trinajstić information content (AvgIpc) is 2.67. The summed E-state index contributed by atoms with van der Waals surface area (Å²) in [6, 6.07) is 17.8. The first-order valence-electron chi connectivity index (χ1n) is 8.37. The van der Waals surface area contributed by atoms with Crippen molar-refractivity contribution in [3.63, 3.8) is 0 Å². The molecule has 1 unspecified atom stereocenters. The summed E-state index contributed by atoms with van der Waals surface area (Å²) < 4.78 is 5.79. The topological polar surface area (TPSA) is 63.0 Å². The lowest BCUT2D eigenvalue weighted by molar-refractivity contribution is 0.0370. The lowest BCUT2D eigenvalue weighted by atomic mass is 10.0. The van der Waals surface area contributed by atoms with Gasteiger partial charge in [-0.05, 0) is 66.9 Å². The Bertz CT molecular complexity index is 960. The van der Waals surface area contributed by atoms with E-state index in [0.29, 0.717) is 21.8 Å². The van der Waals surface area contributed by atoms with Crippen molar-refractivity contribution in [3.8, 4) is 6.07 Å². The van der Waals surface area contributed by atoms with Gasteiger partial charge in [0.1, 0.15) is 0 Å². The Hall–Kier alpha value is -3.16. The highest BCUT2D eigenvalue weighted by Crippen LogP contribution is 2.27. The quantitative estimate of drug-likeness (QED) is 0.589. The summed E-state index contributed by atoms with van der Waals surface area (Å²) in [5, 5.41) is 9.65. The number of esters is 1. The van der Waals surface area contributed by atoms with E-state index in [2.05, 4.69) is 11.1 Å². The van der Waals surface area contributed by atoms with Crippen LogP contribution in [0.25, 0.3) is 0 Å². The number of aromatic nitrogens is 1. The van der Waals surface area contributed by atoms with Gasteiger partial charge in [-0.2, -0.15) is 5.26 Å². The van der Waals surface area contributed by atoms with Gasteiger partial charge in [0.25, 0.3) is 0 Å². The minimum atomic E-state index is -0.661. The van der Waals surface area contributed by atoms with E-state index >= 15 is 0 Å². The Labute approximate surface area is 163 Å². The fourth-order valence-electron chi connectivity index (χ4n) is 2.66. The van der Waals surface area contributed by atoms with Crippen molar-refractivity contribution < 1.29 is 9.53 Å². The molecule has 1 atom stereocenters. The van der Waals surface area contributed by atoms with Gasteiger partial charge in [0.05, 0.1) is 22.9 Å². The molecule has 3 aromatic rings. The van der Waals surface area contributed by atoms with E-state index < -0.39 is 12.1 Å². The molecule has 0 bridgehead atoms. The van der Waals surface area contributed by atoms with Crippen LogP contribution in [0.15, 0.2) is 60.8 Å². The number of nitriles is 1. The molecule has 0 amide bonds. The van der Waals surface area contributed by atoms with Gasteiger partial charge in [0.2, 0.25) is 0 Å². The van der Waals surface area contributed by atoms with Crippen molar-refractivity contribution >= 4 is 17.6 Å². The number of benzene rings is 2. The molecule has 5 heteroatoms. The Balaban J connectivity index is 1.94. The highest BCUT2D eigenvalue weighted by atomic mass is 35.5. The SMILES string of the molecule is Cc1ccc(C(OC(=O)c2ccc(C#N)c(C)c2)c2ccc(Cl)cc2)nc1. The number of carbonyl (C=O) groups is 1. The highest BCUT2D eigenvalue weighted by molar-refractivity contribution is 6.30. The number of aryl methyl sites for hydroxylation is 2. The number of halogens is 1. The number of nitrogens with zero attached hydrogens (tertiary/aromatic N) is 2. The van der Waals surface area contributed by atoms with Crippen molar-refractivity contribution in [3.05, 3.63) is 99.3 Å². The minimum Gasteiger partial charge on any atom is -0.447 e. The zero-order valence-corrected chi connectivity index (χ0v) is 15.7. The second-order valence-electron chi connectivity index (χ2n) is 6.24. The average molecular weight is 377 g/mol. The van der Waals surface area contributed by atoms with Crippen LogP contribution >= 0.6 is 11.6 Å². The fraction of sp³-hybridized carbons (Fsp3) is 0.136. The molecule has 0 aliphatic carbocycles. The van der Waals surface area contributed by atoms with Gasteiger partial charge in [-0.15, -0.1) is 0 Å². The third-order valence-corrected chi connectivity index (χ3v) is 4.44. The van der Waals surface area contributed by atoms with E-state index in [1.807, 2.05) is 31.2 Å². The molecule has 0 radical (unpaired) electrons. The smallest absolute Gasteiger partial charge is 0.339 e. The molecule has 0 spiro atoms. The molecule has 27 heavy (non-hydrogen) atoms. The zero-order chi connectivity index (χ0) is 19.4. The van der Waals surface area contributed by atoms with Crippen molar-refractivity contribution in [1.82, 2.24) is 4.98 Å². The van der Waals surface area contributed by atoms with Crippen LogP contribution in [0, 0.1) is 25.2 Å². The van der Waals surface area contributed by atoms with E-state index in [1.54, 1.807) is 43.5 Å². The van der Waals surface area contributed by atoms with Gasteiger partial charge in [-0.3, -0.25) is 4.98 Å². The van der Waals surface area contributed by atoms with Crippen LogP contribution in [-0.2, 0) is 4.74 Å². The van der Waals surface area contributed by atoms with Crippen LogP contribution in [0.4, 0.5) is 0 Å². The minimum absolute atomic E-state index is 0.387. The van der Waals surface area contributed by atoms with Crippen molar-refractivity contribution in [2.45, 2.75) is 20.0 Å². The van der Waals surface area contributed by atoms with E-state index in [9.17, 15) is 4.79 Å². The van der Waals surface area contributed by atoms with Crippen LogP contribution in [0.2, 0.25) is 5.02 Å². The Morgan fingerprint density at radius 2 is 1.85 bits per heavy atom. The van der Waals surface area contributed by atoms with Gasteiger partial charge < -0.3 is 4.74 Å². The van der Waals surface area contributed by atoms with E-state index in [0.717, 1.165) is 16.7 Å². The summed E-state index contributed by atoms with van der Waals surface area (Å²) in [4.78, 5) is 17.1. The summed E-state index contributed by atoms with van der Waals surface area (Å²) in [5.74, 6) is -0.482. The lowest BCUT2D eigenvalue weighted by Crippen LogP contribution is -2.14. The lowest BCUT2D eigenvalue weighted by Gasteiger charge is -2.18. The van der Waals surface area contributed by atoms with Gasteiger partial charge in [-0.1, -0.05) is 29.8 Å². The molecule has 3 rings (SSSR count). The van der Waals surface area contributed by atoms with Crippen LogP contribution in [0.5, 0.6) is 0 Å². The van der Waals surface area contributed by atoms with Crippen LogP contribution in [0.3, 0.4) is 0 Å².